The van der Waals surface area contributed by atoms with Crippen LogP contribution in [-0.2, 0) is 4.74 Å². The monoisotopic (exact) mass is 345 g/mol. The molecule has 128 valence electrons. The van der Waals surface area contributed by atoms with Gasteiger partial charge >= 0.3 is 0 Å². The predicted molar refractivity (Wildman–Crippen MR) is 99.4 cm³/mol. The van der Waals surface area contributed by atoms with Crippen LogP contribution in [0.1, 0.15) is 17.2 Å². The summed E-state index contributed by atoms with van der Waals surface area (Å²) in [7, 11) is 0. The minimum absolute atomic E-state index is 0.0333. The predicted octanol–water partition coefficient (Wildman–Crippen LogP) is 2.93. The lowest BCUT2D eigenvalue weighted by Gasteiger charge is -2.28. The number of anilines is 1. The number of nitrogen functional groups attached to an aromatic ring is 1. The van der Waals surface area contributed by atoms with Crippen molar-refractivity contribution in [1.82, 2.24) is 10.2 Å². The first kappa shape index (κ1) is 17.2. The number of hydrogen-bond acceptors (Lipinski definition) is 4. The lowest BCUT2D eigenvalue weighted by Crippen LogP contribution is -2.41. The maximum atomic E-state index is 6.22. The van der Waals surface area contributed by atoms with Gasteiger partial charge in [0.1, 0.15) is 0 Å². The molecule has 2 aromatic carbocycles. The smallest absolute Gasteiger partial charge is 0.0598 e. The van der Waals surface area contributed by atoms with Crippen molar-refractivity contribution in [3.05, 3.63) is 64.7 Å². The quantitative estimate of drug-likeness (QED) is 0.790. The molecular formula is C19H24ClN3O. The molecule has 0 saturated carbocycles. The van der Waals surface area contributed by atoms with E-state index in [9.17, 15) is 0 Å². The van der Waals surface area contributed by atoms with Crippen molar-refractivity contribution in [2.24, 2.45) is 0 Å². The van der Waals surface area contributed by atoms with Crippen LogP contribution >= 0.6 is 11.6 Å². The van der Waals surface area contributed by atoms with Crippen LogP contribution in [0.4, 0.5) is 5.69 Å². The maximum absolute atomic E-state index is 6.22. The first-order chi connectivity index (χ1) is 11.7. The van der Waals surface area contributed by atoms with Gasteiger partial charge in [0.2, 0.25) is 0 Å². The first-order valence-electron chi connectivity index (χ1n) is 8.37. The van der Waals surface area contributed by atoms with E-state index in [1.54, 1.807) is 0 Å². The number of nitrogens with zero attached hydrogens (tertiary/aromatic N) is 1. The Kier molecular flexibility index (Phi) is 6.10. The van der Waals surface area contributed by atoms with E-state index in [1.807, 2.05) is 36.4 Å². The molecule has 1 atom stereocenters. The van der Waals surface area contributed by atoms with Gasteiger partial charge in [0, 0.05) is 36.9 Å². The van der Waals surface area contributed by atoms with Gasteiger partial charge in [-0.2, -0.15) is 0 Å². The van der Waals surface area contributed by atoms with Gasteiger partial charge in [-0.1, -0.05) is 41.9 Å². The van der Waals surface area contributed by atoms with E-state index < -0.39 is 0 Å². The molecule has 1 saturated heterocycles. The molecule has 4 nitrogen and oxygen atoms in total. The van der Waals surface area contributed by atoms with Crippen molar-refractivity contribution in [1.29, 1.82) is 0 Å². The summed E-state index contributed by atoms with van der Waals surface area (Å²) in [6.07, 6.45) is 0. The van der Waals surface area contributed by atoms with Gasteiger partial charge in [0.05, 0.1) is 19.3 Å². The Hall–Kier alpha value is -1.59. The van der Waals surface area contributed by atoms with Crippen molar-refractivity contribution in [2.45, 2.75) is 6.04 Å². The number of morpholine rings is 1. The van der Waals surface area contributed by atoms with Gasteiger partial charge in [-0.25, -0.2) is 0 Å². The molecule has 0 aliphatic carbocycles. The van der Waals surface area contributed by atoms with Gasteiger partial charge in [-0.05, 0) is 29.3 Å². The number of rotatable bonds is 6. The number of benzene rings is 2. The van der Waals surface area contributed by atoms with E-state index >= 15 is 0 Å². The van der Waals surface area contributed by atoms with Crippen molar-refractivity contribution in [2.75, 3.05) is 45.1 Å². The molecular weight excluding hydrogens is 322 g/mol. The second kappa shape index (κ2) is 8.49. The Morgan fingerprint density at radius 2 is 1.88 bits per heavy atom. The molecule has 5 heteroatoms. The fourth-order valence-electron chi connectivity index (χ4n) is 3.04. The van der Waals surface area contributed by atoms with Crippen LogP contribution in [0, 0.1) is 0 Å². The van der Waals surface area contributed by atoms with E-state index in [4.69, 9.17) is 22.1 Å². The third-order valence-electron chi connectivity index (χ3n) is 4.37. The van der Waals surface area contributed by atoms with E-state index in [0.29, 0.717) is 5.02 Å². The Morgan fingerprint density at radius 1 is 1.12 bits per heavy atom. The largest absolute Gasteiger partial charge is 0.398 e. The summed E-state index contributed by atoms with van der Waals surface area (Å²) in [6, 6.07) is 16.0. The molecule has 1 fully saturated rings. The average molecular weight is 346 g/mol. The summed E-state index contributed by atoms with van der Waals surface area (Å²) in [5, 5.41) is 4.35. The molecule has 0 amide bonds. The Morgan fingerprint density at radius 3 is 2.62 bits per heavy atom. The van der Waals surface area contributed by atoms with Crippen molar-refractivity contribution >= 4 is 17.3 Å². The van der Waals surface area contributed by atoms with Crippen LogP contribution in [0.15, 0.2) is 48.5 Å². The Bertz CT molecular complexity index is 644. The topological polar surface area (TPSA) is 50.5 Å². The van der Waals surface area contributed by atoms with Crippen LogP contribution < -0.4 is 11.1 Å². The zero-order valence-electron chi connectivity index (χ0n) is 13.7. The second-order valence-electron chi connectivity index (χ2n) is 6.03. The summed E-state index contributed by atoms with van der Waals surface area (Å²) >= 11 is 6.20. The molecule has 0 spiro atoms. The first-order valence-corrected chi connectivity index (χ1v) is 8.75. The zero-order chi connectivity index (χ0) is 16.8. The molecule has 2 aromatic rings. The number of nitrogens with one attached hydrogen (secondary N) is 1. The second-order valence-corrected chi connectivity index (χ2v) is 6.46. The van der Waals surface area contributed by atoms with Gasteiger partial charge in [0.25, 0.3) is 0 Å². The number of nitrogens with two attached hydrogens (primary N) is 1. The van der Waals surface area contributed by atoms with Crippen LogP contribution in [0.3, 0.4) is 0 Å². The highest BCUT2D eigenvalue weighted by molar-refractivity contribution is 6.30. The zero-order valence-corrected chi connectivity index (χ0v) is 14.5. The standard InChI is InChI=1S/C19H24ClN3O/c20-16-6-7-18(21)17(14-16)19(15-4-2-1-3-5-15)22-8-9-23-10-12-24-13-11-23/h1-7,14,19,22H,8-13,21H2. The molecule has 24 heavy (non-hydrogen) atoms. The third-order valence-corrected chi connectivity index (χ3v) is 4.61. The van der Waals surface area contributed by atoms with E-state index in [1.165, 1.54) is 5.56 Å². The van der Waals surface area contributed by atoms with Gasteiger partial charge in [-0.15, -0.1) is 0 Å². The minimum atomic E-state index is 0.0333. The highest BCUT2D eigenvalue weighted by Crippen LogP contribution is 2.29. The molecule has 0 bridgehead atoms. The van der Waals surface area contributed by atoms with Crippen LogP contribution in [0.25, 0.3) is 0 Å². The van der Waals surface area contributed by atoms with Crippen molar-refractivity contribution in [3.63, 3.8) is 0 Å². The maximum Gasteiger partial charge on any atom is 0.0598 e. The molecule has 1 unspecified atom stereocenters. The summed E-state index contributed by atoms with van der Waals surface area (Å²) in [6.45, 7) is 5.51. The lowest BCUT2D eigenvalue weighted by atomic mass is 9.97. The van der Waals surface area contributed by atoms with Crippen molar-refractivity contribution < 1.29 is 4.74 Å². The van der Waals surface area contributed by atoms with Gasteiger partial charge in [0.15, 0.2) is 0 Å². The molecule has 1 aliphatic rings. The Balaban J connectivity index is 1.74. The molecule has 3 N–H and O–H groups in total. The molecule has 1 heterocycles. The fraction of sp³-hybridized carbons (Fsp3) is 0.368. The van der Waals surface area contributed by atoms with E-state index in [0.717, 1.165) is 50.6 Å². The fourth-order valence-corrected chi connectivity index (χ4v) is 3.22. The molecule has 0 aromatic heterocycles. The minimum Gasteiger partial charge on any atom is -0.398 e. The van der Waals surface area contributed by atoms with E-state index in [-0.39, 0.29) is 6.04 Å². The third kappa shape index (κ3) is 4.48. The van der Waals surface area contributed by atoms with Crippen LogP contribution in [0.2, 0.25) is 5.02 Å². The lowest BCUT2D eigenvalue weighted by molar-refractivity contribution is 0.0382. The summed E-state index contributed by atoms with van der Waals surface area (Å²) in [4.78, 5) is 2.42. The van der Waals surface area contributed by atoms with Crippen molar-refractivity contribution in [3.8, 4) is 0 Å². The SMILES string of the molecule is Nc1ccc(Cl)cc1C(NCCN1CCOCC1)c1ccccc1. The van der Waals surface area contributed by atoms with Crippen LogP contribution in [0.5, 0.6) is 0 Å². The molecule has 1 aliphatic heterocycles. The highest BCUT2D eigenvalue weighted by atomic mass is 35.5. The van der Waals surface area contributed by atoms with E-state index in [2.05, 4.69) is 22.3 Å². The highest BCUT2D eigenvalue weighted by Gasteiger charge is 2.17. The van der Waals surface area contributed by atoms with Gasteiger partial charge < -0.3 is 15.8 Å². The number of ether oxygens (including phenoxy) is 1. The summed E-state index contributed by atoms with van der Waals surface area (Å²) in [5.74, 6) is 0. The molecule has 3 rings (SSSR count). The van der Waals surface area contributed by atoms with Gasteiger partial charge in [-0.3, -0.25) is 4.90 Å². The Labute approximate surface area is 148 Å². The number of halogens is 1. The molecule has 0 radical (unpaired) electrons. The summed E-state index contributed by atoms with van der Waals surface area (Å²) < 4.78 is 5.40. The van der Waals surface area contributed by atoms with Crippen LogP contribution in [-0.4, -0.2) is 44.3 Å². The summed E-state index contributed by atoms with van der Waals surface area (Å²) in [5.41, 5.74) is 9.19. The number of hydrogen-bond donors (Lipinski definition) is 2. The normalized spacial score (nSPS) is 16.9. The average Bonchev–Trinajstić information content (AvgIpc) is 2.63.